The third-order valence-electron chi connectivity index (χ3n) is 6.16. The van der Waals surface area contributed by atoms with Gasteiger partial charge in [0.25, 0.3) is 0 Å². The highest BCUT2D eigenvalue weighted by molar-refractivity contribution is 5.77. The van der Waals surface area contributed by atoms with E-state index in [9.17, 15) is 4.79 Å². The Morgan fingerprint density at radius 1 is 1.10 bits per heavy atom. The Morgan fingerprint density at radius 3 is 2.62 bits per heavy atom. The van der Waals surface area contributed by atoms with Crippen molar-refractivity contribution in [3.63, 3.8) is 0 Å². The summed E-state index contributed by atoms with van der Waals surface area (Å²) in [6.07, 6.45) is 4.53. The molecule has 3 aromatic rings. The number of rotatable bonds is 4. The lowest BCUT2D eigenvalue weighted by atomic mass is 9.94. The van der Waals surface area contributed by atoms with E-state index in [0.717, 1.165) is 47.7 Å². The molecule has 1 saturated heterocycles. The van der Waals surface area contributed by atoms with Crippen LogP contribution in [0.15, 0.2) is 30.3 Å². The van der Waals surface area contributed by atoms with Crippen LogP contribution in [0.4, 0.5) is 0 Å². The summed E-state index contributed by atoms with van der Waals surface area (Å²) in [5.41, 5.74) is 7.57. The fourth-order valence-electron chi connectivity index (χ4n) is 4.54. The van der Waals surface area contributed by atoms with Gasteiger partial charge < -0.3 is 4.90 Å². The van der Waals surface area contributed by atoms with Crippen LogP contribution in [0.2, 0.25) is 0 Å². The van der Waals surface area contributed by atoms with E-state index in [0.29, 0.717) is 12.8 Å². The minimum absolute atomic E-state index is 0.202. The Morgan fingerprint density at radius 2 is 1.86 bits per heavy atom. The predicted octanol–water partition coefficient (Wildman–Crippen LogP) is 4.65. The molecule has 0 aliphatic carbocycles. The molecule has 0 radical (unpaired) electrons. The molecule has 4 rings (SSSR count). The Hall–Kier alpha value is -2.69. The number of likely N-dealkylation sites (tertiary alicyclic amines) is 1. The molecule has 0 unspecified atom stereocenters. The Bertz CT molecular complexity index is 1040. The second-order valence-electron chi connectivity index (χ2n) is 8.33. The summed E-state index contributed by atoms with van der Waals surface area (Å²) in [5, 5.41) is 4.55. The molecule has 1 fully saturated rings. The van der Waals surface area contributed by atoms with Crippen molar-refractivity contribution < 1.29 is 4.79 Å². The van der Waals surface area contributed by atoms with Crippen LogP contribution in [-0.2, 0) is 11.2 Å². The van der Waals surface area contributed by atoms with Crippen molar-refractivity contribution >= 4 is 11.6 Å². The third-order valence-corrected chi connectivity index (χ3v) is 6.16. The Labute approximate surface area is 172 Å². The van der Waals surface area contributed by atoms with Crippen molar-refractivity contribution in [2.45, 2.75) is 65.8 Å². The first-order valence-electron chi connectivity index (χ1n) is 10.6. The van der Waals surface area contributed by atoms with Gasteiger partial charge in [-0.25, -0.2) is 9.50 Å². The van der Waals surface area contributed by atoms with E-state index in [1.54, 1.807) is 0 Å². The first-order valence-corrected chi connectivity index (χ1v) is 10.6. The maximum Gasteiger partial charge on any atom is 0.223 e. The zero-order valence-corrected chi connectivity index (χ0v) is 17.9. The van der Waals surface area contributed by atoms with Gasteiger partial charge in [0.15, 0.2) is 5.65 Å². The highest BCUT2D eigenvalue weighted by Gasteiger charge is 2.28. The molecule has 1 aliphatic heterocycles. The monoisotopic (exact) mass is 390 g/mol. The van der Waals surface area contributed by atoms with Gasteiger partial charge in [-0.3, -0.25) is 4.79 Å². The number of aryl methyl sites for hydroxylation is 4. The molecule has 0 bridgehead atoms. The van der Waals surface area contributed by atoms with E-state index < -0.39 is 0 Å². The number of hydrogen-bond donors (Lipinski definition) is 0. The van der Waals surface area contributed by atoms with Crippen LogP contribution >= 0.6 is 0 Å². The minimum Gasteiger partial charge on any atom is -0.336 e. The van der Waals surface area contributed by atoms with Crippen LogP contribution in [-0.4, -0.2) is 31.9 Å². The zero-order chi connectivity index (χ0) is 20.5. The topological polar surface area (TPSA) is 50.5 Å². The van der Waals surface area contributed by atoms with Gasteiger partial charge in [-0.2, -0.15) is 5.10 Å². The first kappa shape index (κ1) is 19.6. The summed E-state index contributed by atoms with van der Waals surface area (Å²) >= 11 is 0. The number of nitrogens with zero attached hydrogens (tertiary/aromatic N) is 4. The molecule has 2 aromatic heterocycles. The van der Waals surface area contributed by atoms with Gasteiger partial charge >= 0.3 is 0 Å². The van der Waals surface area contributed by atoms with Crippen molar-refractivity contribution in [3.05, 3.63) is 64.1 Å². The van der Waals surface area contributed by atoms with Gasteiger partial charge in [-0.1, -0.05) is 29.8 Å². The summed E-state index contributed by atoms with van der Waals surface area (Å²) in [4.78, 5) is 20.0. The SMILES string of the molecule is Cc1ccc([C@@H]2CCCCN2C(=O)CCc2c(C)nc3cc(C)nn3c2C)cc1. The quantitative estimate of drug-likeness (QED) is 0.652. The van der Waals surface area contributed by atoms with Gasteiger partial charge in [0.1, 0.15) is 0 Å². The third kappa shape index (κ3) is 3.91. The molecule has 1 atom stereocenters. The van der Waals surface area contributed by atoms with Crippen LogP contribution in [0, 0.1) is 27.7 Å². The molecule has 152 valence electrons. The average Bonchev–Trinajstić information content (AvgIpc) is 3.08. The van der Waals surface area contributed by atoms with E-state index >= 15 is 0 Å². The Kier molecular flexibility index (Phi) is 5.39. The molecular weight excluding hydrogens is 360 g/mol. The average molecular weight is 391 g/mol. The summed E-state index contributed by atoms with van der Waals surface area (Å²) in [6.45, 7) is 9.04. The van der Waals surface area contributed by atoms with Gasteiger partial charge in [0.2, 0.25) is 5.91 Å². The van der Waals surface area contributed by atoms with Crippen LogP contribution in [0.3, 0.4) is 0 Å². The van der Waals surface area contributed by atoms with E-state index in [1.807, 2.05) is 24.4 Å². The molecule has 0 spiro atoms. The van der Waals surface area contributed by atoms with E-state index in [2.05, 4.69) is 48.1 Å². The first-order chi connectivity index (χ1) is 13.9. The van der Waals surface area contributed by atoms with Crippen molar-refractivity contribution in [1.29, 1.82) is 0 Å². The van der Waals surface area contributed by atoms with Crippen LogP contribution in [0.5, 0.6) is 0 Å². The normalized spacial score (nSPS) is 17.1. The molecular formula is C24H30N4O. The standard InChI is InChI=1S/C24H30N4O/c1-16-8-10-20(11-9-16)22-7-5-6-14-27(22)24(29)13-12-21-18(3)25-23-15-17(2)26-28(23)19(21)4/h8-11,15,22H,5-7,12-14H2,1-4H3/t22-/m0/s1. The highest BCUT2D eigenvalue weighted by atomic mass is 16.2. The molecule has 1 aliphatic rings. The highest BCUT2D eigenvalue weighted by Crippen LogP contribution is 2.32. The number of aromatic nitrogens is 3. The molecule has 1 aromatic carbocycles. The number of carbonyl (C=O) groups excluding carboxylic acids is 1. The second-order valence-corrected chi connectivity index (χ2v) is 8.33. The number of benzene rings is 1. The molecule has 5 nitrogen and oxygen atoms in total. The van der Waals surface area contributed by atoms with E-state index in [-0.39, 0.29) is 11.9 Å². The van der Waals surface area contributed by atoms with E-state index in [1.165, 1.54) is 17.5 Å². The number of piperidine rings is 1. The zero-order valence-electron chi connectivity index (χ0n) is 17.9. The summed E-state index contributed by atoms with van der Waals surface area (Å²) in [7, 11) is 0. The molecule has 3 heterocycles. The molecule has 1 amide bonds. The number of carbonyl (C=O) groups is 1. The van der Waals surface area contributed by atoms with Gasteiger partial charge in [0, 0.05) is 30.4 Å². The predicted molar refractivity (Wildman–Crippen MR) is 115 cm³/mol. The number of amides is 1. The van der Waals surface area contributed by atoms with E-state index in [4.69, 9.17) is 4.98 Å². The summed E-state index contributed by atoms with van der Waals surface area (Å²) in [5.74, 6) is 0.241. The molecule has 29 heavy (non-hydrogen) atoms. The molecule has 0 N–H and O–H groups in total. The lowest BCUT2D eigenvalue weighted by Gasteiger charge is -2.36. The van der Waals surface area contributed by atoms with Gasteiger partial charge in [-0.15, -0.1) is 0 Å². The number of fused-ring (bicyclic) bond motifs is 1. The van der Waals surface area contributed by atoms with Crippen molar-refractivity contribution in [3.8, 4) is 0 Å². The van der Waals surface area contributed by atoms with Crippen molar-refractivity contribution in [2.75, 3.05) is 6.54 Å². The van der Waals surface area contributed by atoms with Crippen molar-refractivity contribution in [2.24, 2.45) is 0 Å². The fourth-order valence-corrected chi connectivity index (χ4v) is 4.54. The smallest absolute Gasteiger partial charge is 0.223 e. The van der Waals surface area contributed by atoms with Gasteiger partial charge in [-0.05, 0) is 64.5 Å². The maximum absolute atomic E-state index is 13.2. The largest absolute Gasteiger partial charge is 0.336 e. The minimum atomic E-state index is 0.202. The molecule has 0 saturated carbocycles. The molecule has 5 heteroatoms. The summed E-state index contributed by atoms with van der Waals surface area (Å²) in [6, 6.07) is 10.8. The summed E-state index contributed by atoms with van der Waals surface area (Å²) < 4.78 is 1.90. The van der Waals surface area contributed by atoms with Crippen molar-refractivity contribution in [1.82, 2.24) is 19.5 Å². The Balaban J connectivity index is 1.52. The van der Waals surface area contributed by atoms with Crippen LogP contribution in [0.1, 0.15) is 65.5 Å². The second kappa shape index (κ2) is 7.97. The van der Waals surface area contributed by atoms with Gasteiger partial charge in [0.05, 0.1) is 11.7 Å². The lowest BCUT2D eigenvalue weighted by Crippen LogP contribution is -2.38. The fraction of sp³-hybridized carbons (Fsp3) is 0.458. The van der Waals surface area contributed by atoms with Crippen LogP contribution < -0.4 is 0 Å². The van der Waals surface area contributed by atoms with Crippen LogP contribution in [0.25, 0.3) is 5.65 Å². The number of hydrogen-bond acceptors (Lipinski definition) is 3. The lowest BCUT2D eigenvalue weighted by molar-refractivity contribution is -0.135. The maximum atomic E-state index is 13.2.